The second-order valence-electron chi connectivity index (χ2n) is 3.35. The van der Waals surface area contributed by atoms with Crippen molar-refractivity contribution in [2.75, 3.05) is 13.7 Å². The van der Waals surface area contributed by atoms with Gasteiger partial charge in [-0.3, -0.25) is 10.1 Å². The Morgan fingerprint density at radius 2 is 2.47 bits per heavy atom. The van der Waals surface area contributed by atoms with E-state index in [4.69, 9.17) is 4.74 Å². The van der Waals surface area contributed by atoms with Gasteiger partial charge in [-0.1, -0.05) is 0 Å². The minimum Gasteiger partial charge on any atom is -0.385 e. The zero-order chi connectivity index (χ0) is 13.7. The third kappa shape index (κ3) is 3.68. The number of hydrogen-bond acceptors (Lipinski definition) is 9. The molecule has 0 amide bonds. The topological polar surface area (TPSA) is 109 Å². The van der Waals surface area contributed by atoms with Crippen molar-refractivity contribution in [2.24, 2.45) is 0 Å². The molecule has 2 aromatic rings. The molecule has 0 fully saturated rings. The number of hydrogen-bond donors (Lipinski definition) is 0. The fourth-order valence-electron chi connectivity index (χ4n) is 1.23. The zero-order valence-corrected chi connectivity index (χ0v) is 11.6. The molecule has 0 saturated carbocycles. The molecule has 0 N–H and O–H groups in total. The van der Waals surface area contributed by atoms with Gasteiger partial charge in [-0.2, -0.15) is 0 Å². The van der Waals surface area contributed by atoms with Crippen LogP contribution in [0, 0.1) is 10.1 Å². The van der Waals surface area contributed by atoms with Gasteiger partial charge >= 0.3 is 5.00 Å². The highest BCUT2D eigenvalue weighted by Crippen LogP contribution is 2.32. The SMILES string of the molecule is COCCCn1nnnc1Sc1ncc([N+](=O)[O-])s1. The van der Waals surface area contributed by atoms with Crippen LogP contribution in [0.1, 0.15) is 6.42 Å². The number of aromatic nitrogens is 5. The van der Waals surface area contributed by atoms with Crippen LogP contribution in [-0.4, -0.2) is 43.8 Å². The van der Waals surface area contributed by atoms with Crippen molar-refractivity contribution in [3.8, 4) is 0 Å². The van der Waals surface area contributed by atoms with Gasteiger partial charge in [0.25, 0.3) is 0 Å². The Morgan fingerprint density at radius 3 is 3.16 bits per heavy atom. The van der Waals surface area contributed by atoms with Gasteiger partial charge in [-0.25, -0.2) is 9.67 Å². The molecule has 0 unspecified atom stereocenters. The lowest BCUT2D eigenvalue weighted by molar-refractivity contribution is -0.380. The van der Waals surface area contributed by atoms with Crippen molar-refractivity contribution >= 4 is 28.1 Å². The number of rotatable bonds is 7. The van der Waals surface area contributed by atoms with E-state index < -0.39 is 4.92 Å². The van der Waals surface area contributed by atoms with Crippen LogP contribution in [0.25, 0.3) is 0 Å². The van der Waals surface area contributed by atoms with E-state index in [0.717, 1.165) is 17.8 Å². The van der Waals surface area contributed by atoms with Crippen LogP contribution in [0.2, 0.25) is 0 Å². The van der Waals surface area contributed by atoms with E-state index in [1.165, 1.54) is 18.0 Å². The molecule has 0 aliphatic heterocycles. The van der Waals surface area contributed by atoms with Crippen molar-refractivity contribution in [1.29, 1.82) is 0 Å². The van der Waals surface area contributed by atoms with Gasteiger partial charge in [0.2, 0.25) is 5.16 Å². The Labute approximate surface area is 116 Å². The second kappa shape index (κ2) is 6.54. The largest absolute Gasteiger partial charge is 0.385 e. The summed E-state index contributed by atoms with van der Waals surface area (Å²) >= 11 is 2.20. The normalized spacial score (nSPS) is 10.8. The Hall–Kier alpha value is -1.59. The monoisotopic (exact) mass is 302 g/mol. The van der Waals surface area contributed by atoms with E-state index in [1.807, 2.05) is 0 Å². The lowest BCUT2D eigenvalue weighted by atomic mass is 10.5. The third-order valence-corrected chi connectivity index (χ3v) is 4.05. The quantitative estimate of drug-likeness (QED) is 0.426. The van der Waals surface area contributed by atoms with Crippen LogP contribution in [0.15, 0.2) is 15.7 Å². The number of nitrogens with zero attached hydrogens (tertiary/aromatic N) is 6. The molecular weight excluding hydrogens is 292 g/mol. The van der Waals surface area contributed by atoms with Gasteiger partial charge in [0.05, 0.1) is 4.92 Å². The van der Waals surface area contributed by atoms with Crippen molar-refractivity contribution in [2.45, 2.75) is 22.5 Å². The highest BCUT2D eigenvalue weighted by atomic mass is 32.2. The first-order chi connectivity index (χ1) is 9.20. The molecule has 2 heterocycles. The highest BCUT2D eigenvalue weighted by molar-refractivity contribution is 8.00. The Kier molecular flexibility index (Phi) is 4.76. The Balaban J connectivity index is 2.01. The smallest absolute Gasteiger partial charge is 0.344 e. The number of aryl methyl sites for hydroxylation is 1. The summed E-state index contributed by atoms with van der Waals surface area (Å²) in [6, 6.07) is 0. The number of thiazole rings is 1. The standard InChI is InChI=1S/C8H10N6O3S2/c1-17-4-2-3-13-7(10-11-12-13)19-8-9-5-6(18-8)14(15)16/h5H,2-4H2,1H3. The fraction of sp³-hybridized carbons (Fsp3) is 0.500. The molecule has 9 nitrogen and oxygen atoms in total. The van der Waals surface area contributed by atoms with E-state index in [-0.39, 0.29) is 5.00 Å². The Morgan fingerprint density at radius 1 is 1.63 bits per heavy atom. The van der Waals surface area contributed by atoms with Crippen LogP contribution >= 0.6 is 23.1 Å². The molecular formula is C8H10N6O3S2. The van der Waals surface area contributed by atoms with Crippen LogP contribution in [0.4, 0.5) is 5.00 Å². The first kappa shape index (κ1) is 13.8. The second-order valence-corrected chi connectivity index (χ2v) is 5.58. The Bertz CT molecular complexity index is 556. The van der Waals surface area contributed by atoms with Crippen molar-refractivity contribution < 1.29 is 9.66 Å². The summed E-state index contributed by atoms with van der Waals surface area (Å²) in [5.41, 5.74) is 0. The lowest BCUT2D eigenvalue weighted by Crippen LogP contribution is -2.04. The van der Waals surface area contributed by atoms with Crippen LogP contribution in [0.5, 0.6) is 0 Å². The summed E-state index contributed by atoms with van der Waals surface area (Å²) in [6.07, 6.45) is 2.01. The summed E-state index contributed by atoms with van der Waals surface area (Å²) in [4.78, 5) is 14.1. The van der Waals surface area contributed by atoms with E-state index in [1.54, 1.807) is 11.8 Å². The maximum atomic E-state index is 10.6. The first-order valence-corrected chi connectivity index (χ1v) is 6.87. The van der Waals surface area contributed by atoms with E-state index in [9.17, 15) is 10.1 Å². The van der Waals surface area contributed by atoms with Crippen LogP contribution in [-0.2, 0) is 11.3 Å². The minimum atomic E-state index is -0.469. The van der Waals surface area contributed by atoms with Gasteiger partial charge in [-0.05, 0) is 39.9 Å². The number of ether oxygens (including phenoxy) is 1. The molecule has 102 valence electrons. The van der Waals surface area contributed by atoms with Gasteiger partial charge in [0, 0.05) is 20.3 Å². The third-order valence-electron chi connectivity index (χ3n) is 2.05. The van der Waals surface area contributed by atoms with E-state index in [0.29, 0.717) is 22.6 Å². The molecule has 0 aliphatic carbocycles. The fourth-order valence-corrected chi connectivity index (χ4v) is 2.91. The number of tetrazole rings is 1. The molecule has 2 aromatic heterocycles. The summed E-state index contributed by atoms with van der Waals surface area (Å²) in [7, 11) is 1.63. The molecule has 0 saturated heterocycles. The van der Waals surface area contributed by atoms with Gasteiger partial charge < -0.3 is 4.74 Å². The summed E-state index contributed by atoms with van der Waals surface area (Å²) < 4.78 is 7.11. The average molecular weight is 302 g/mol. The molecule has 0 aliphatic rings. The van der Waals surface area contributed by atoms with E-state index in [2.05, 4.69) is 20.5 Å². The van der Waals surface area contributed by atoms with Gasteiger partial charge in [0.15, 0.2) is 4.34 Å². The molecule has 11 heteroatoms. The highest BCUT2D eigenvalue weighted by Gasteiger charge is 2.15. The lowest BCUT2D eigenvalue weighted by Gasteiger charge is -2.01. The van der Waals surface area contributed by atoms with Crippen LogP contribution in [0.3, 0.4) is 0 Å². The predicted octanol–water partition coefficient (Wildman–Crippen LogP) is 1.23. The minimum absolute atomic E-state index is 0.000840. The van der Waals surface area contributed by atoms with E-state index >= 15 is 0 Å². The maximum Gasteiger partial charge on any atom is 0.344 e. The molecule has 19 heavy (non-hydrogen) atoms. The molecule has 0 radical (unpaired) electrons. The summed E-state index contributed by atoms with van der Waals surface area (Å²) in [5.74, 6) is 0. The zero-order valence-electron chi connectivity index (χ0n) is 9.92. The van der Waals surface area contributed by atoms with Crippen molar-refractivity contribution in [1.82, 2.24) is 25.2 Å². The van der Waals surface area contributed by atoms with Crippen molar-refractivity contribution in [3.63, 3.8) is 0 Å². The number of nitro groups is 1. The molecule has 0 bridgehead atoms. The molecule has 0 aromatic carbocycles. The van der Waals surface area contributed by atoms with Gasteiger partial charge in [-0.15, -0.1) is 5.10 Å². The van der Waals surface area contributed by atoms with Gasteiger partial charge in [0.1, 0.15) is 6.20 Å². The van der Waals surface area contributed by atoms with Crippen molar-refractivity contribution in [3.05, 3.63) is 16.3 Å². The first-order valence-electron chi connectivity index (χ1n) is 5.24. The summed E-state index contributed by atoms with van der Waals surface area (Å²) in [6.45, 7) is 1.24. The molecule has 2 rings (SSSR count). The average Bonchev–Trinajstić information content (AvgIpc) is 3.00. The molecule has 0 atom stereocenters. The molecule has 0 spiro atoms. The maximum absolute atomic E-state index is 10.6. The number of methoxy groups -OCH3 is 1. The predicted molar refractivity (Wildman–Crippen MR) is 67.2 cm³/mol. The summed E-state index contributed by atoms with van der Waals surface area (Å²) in [5, 5.41) is 22.4. The van der Waals surface area contributed by atoms with Crippen LogP contribution < -0.4 is 0 Å².